The first-order chi connectivity index (χ1) is 10.7. The summed E-state index contributed by atoms with van der Waals surface area (Å²) in [6.07, 6.45) is 8.76. The Balaban J connectivity index is 1.55. The summed E-state index contributed by atoms with van der Waals surface area (Å²) in [4.78, 5) is 32.9. The summed E-state index contributed by atoms with van der Waals surface area (Å²) in [5.41, 5.74) is 0.860. The number of aromatic nitrogens is 1. The van der Waals surface area contributed by atoms with Crippen molar-refractivity contribution in [3.63, 3.8) is 0 Å². The predicted octanol–water partition coefficient (Wildman–Crippen LogP) is 1.98. The molecule has 3 heterocycles. The maximum Gasteiger partial charge on any atom is 0.227 e. The lowest BCUT2D eigenvalue weighted by Gasteiger charge is -2.39. The first-order valence-electron chi connectivity index (χ1n) is 8.25. The second-order valence-corrected chi connectivity index (χ2v) is 6.67. The first kappa shape index (κ1) is 13.7. The van der Waals surface area contributed by atoms with Crippen LogP contribution in [0, 0.1) is 5.92 Å². The van der Waals surface area contributed by atoms with E-state index in [9.17, 15) is 9.59 Å². The molecule has 0 spiro atoms. The number of rotatable bonds is 3. The van der Waals surface area contributed by atoms with Crippen LogP contribution in [-0.2, 0) is 9.59 Å². The second-order valence-electron chi connectivity index (χ2n) is 6.67. The molecule has 2 saturated heterocycles. The Morgan fingerprint density at radius 3 is 2.82 bits per heavy atom. The summed E-state index contributed by atoms with van der Waals surface area (Å²) in [5, 5.41) is 0. The van der Waals surface area contributed by atoms with Gasteiger partial charge in [-0.3, -0.25) is 14.6 Å². The fourth-order valence-corrected chi connectivity index (χ4v) is 3.89. The number of hydrogen-bond acceptors (Lipinski definition) is 3. The SMILES string of the molecule is O=C(CC1CC1)N1CC[C@@H]2[C@H]1CCC(=O)N2c1cccnc1. The van der Waals surface area contributed by atoms with Crippen LogP contribution in [0.5, 0.6) is 0 Å². The van der Waals surface area contributed by atoms with Crippen molar-refractivity contribution < 1.29 is 9.59 Å². The second kappa shape index (κ2) is 5.38. The van der Waals surface area contributed by atoms with Crippen LogP contribution in [0.25, 0.3) is 0 Å². The van der Waals surface area contributed by atoms with Crippen molar-refractivity contribution in [2.24, 2.45) is 5.92 Å². The van der Waals surface area contributed by atoms with Crippen LogP contribution in [0.2, 0.25) is 0 Å². The van der Waals surface area contributed by atoms with Gasteiger partial charge in [-0.1, -0.05) is 0 Å². The van der Waals surface area contributed by atoms with E-state index in [2.05, 4.69) is 4.98 Å². The minimum absolute atomic E-state index is 0.119. The smallest absolute Gasteiger partial charge is 0.227 e. The van der Waals surface area contributed by atoms with E-state index in [1.165, 1.54) is 12.8 Å². The highest BCUT2D eigenvalue weighted by Crippen LogP contribution is 2.37. The van der Waals surface area contributed by atoms with E-state index in [1.807, 2.05) is 21.9 Å². The Morgan fingerprint density at radius 1 is 1.23 bits per heavy atom. The van der Waals surface area contributed by atoms with Gasteiger partial charge in [0.15, 0.2) is 0 Å². The number of pyridine rings is 1. The number of anilines is 1. The zero-order valence-corrected chi connectivity index (χ0v) is 12.6. The van der Waals surface area contributed by atoms with Gasteiger partial charge in [-0.05, 0) is 43.7 Å². The van der Waals surface area contributed by atoms with Crippen molar-refractivity contribution >= 4 is 17.5 Å². The van der Waals surface area contributed by atoms with Crippen LogP contribution in [0.1, 0.15) is 38.5 Å². The Labute approximate surface area is 130 Å². The molecule has 2 amide bonds. The van der Waals surface area contributed by atoms with E-state index in [4.69, 9.17) is 0 Å². The first-order valence-corrected chi connectivity index (χ1v) is 8.25. The Hall–Kier alpha value is -1.91. The van der Waals surface area contributed by atoms with Gasteiger partial charge in [0.25, 0.3) is 0 Å². The molecule has 2 aliphatic heterocycles. The van der Waals surface area contributed by atoms with E-state index in [-0.39, 0.29) is 23.9 Å². The van der Waals surface area contributed by atoms with Gasteiger partial charge < -0.3 is 9.80 Å². The van der Waals surface area contributed by atoms with Crippen LogP contribution in [0.15, 0.2) is 24.5 Å². The van der Waals surface area contributed by atoms with Gasteiger partial charge in [-0.2, -0.15) is 0 Å². The molecular weight excluding hydrogens is 278 g/mol. The number of amides is 2. The Kier molecular flexibility index (Phi) is 3.36. The summed E-state index contributed by atoms with van der Waals surface area (Å²) in [6.45, 7) is 0.783. The molecule has 0 radical (unpaired) electrons. The van der Waals surface area contributed by atoms with Gasteiger partial charge >= 0.3 is 0 Å². The summed E-state index contributed by atoms with van der Waals surface area (Å²) in [7, 11) is 0. The Morgan fingerprint density at radius 2 is 2.09 bits per heavy atom. The highest BCUT2D eigenvalue weighted by Gasteiger charge is 2.45. The molecule has 0 N–H and O–H groups in total. The van der Waals surface area contributed by atoms with Crippen molar-refractivity contribution in [1.29, 1.82) is 0 Å². The summed E-state index contributed by atoms with van der Waals surface area (Å²) < 4.78 is 0. The number of fused-ring (bicyclic) bond motifs is 1. The number of nitrogens with zero attached hydrogens (tertiary/aromatic N) is 3. The largest absolute Gasteiger partial charge is 0.338 e. The number of likely N-dealkylation sites (tertiary alicyclic amines) is 1. The molecule has 1 aromatic heterocycles. The number of carbonyl (C=O) groups is 2. The van der Waals surface area contributed by atoms with Crippen LogP contribution in [0.4, 0.5) is 5.69 Å². The number of piperidine rings is 1. The summed E-state index contributed by atoms with van der Waals surface area (Å²) >= 11 is 0. The number of carbonyl (C=O) groups excluding carboxylic acids is 2. The van der Waals surface area contributed by atoms with Gasteiger partial charge in [0.1, 0.15) is 0 Å². The quantitative estimate of drug-likeness (QED) is 0.857. The molecule has 0 aromatic carbocycles. The fraction of sp³-hybridized carbons (Fsp3) is 0.588. The van der Waals surface area contributed by atoms with Crippen molar-refractivity contribution in [1.82, 2.24) is 9.88 Å². The Bertz CT molecular complexity index is 585. The van der Waals surface area contributed by atoms with Gasteiger partial charge in [-0.15, -0.1) is 0 Å². The molecule has 0 unspecified atom stereocenters. The van der Waals surface area contributed by atoms with E-state index < -0.39 is 0 Å². The average molecular weight is 299 g/mol. The fourth-order valence-electron chi connectivity index (χ4n) is 3.89. The molecule has 1 saturated carbocycles. The third-order valence-electron chi connectivity index (χ3n) is 5.17. The molecule has 2 atom stereocenters. The van der Waals surface area contributed by atoms with E-state index in [0.29, 0.717) is 18.8 Å². The minimum Gasteiger partial charge on any atom is -0.338 e. The molecule has 3 fully saturated rings. The van der Waals surface area contributed by atoms with Crippen molar-refractivity contribution in [2.75, 3.05) is 11.4 Å². The maximum absolute atomic E-state index is 12.5. The molecule has 5 nitrogen and oxygen atoms in total. The normalized spacial score (nSPS) is 27.9. The lowest BCUT2D eigenvalue weighted by Crippen LogP contribution is -2.53. The molecule has 1 aromatic rings. The van der Waals surface area contributed by atoms with Gasteiger partial charge in [0.05, 0.1) is 24.0 Å². The lowest BCUT2D eigenvalue weighted by molar-refractivity contribution is -0.134. The third-order valence-corrected chi connectivity index (χ3v) is 5.17. The van der Waals surface area contributed by atoms with Crippen molar-refractivity contribution in [2.45, 2.75) is 50.6 Å². The lowest BCUT2D eigenvalue weighted by atomic mass is 9.95. The van der Waals surface area contributed by atoms with Crippen LogP contribution >= 0.6 is 0 Å². The molecule has 4 rings (SSSR count). The van der Waals surface area contributed by atoms with Gasteiger partial charge in [0.2, 0.25) is 11.8 Å². The average Bonchev–Trinajstić information content (AvgIpc) is 3.24. The van der Waals surface area contributed by atoms with E-state index in [0.717, 1.165) is 25.1 Å². The standard InChI is InChI=1S/C17H21N3O2/c21-16-6-5-14-15(20(16)13-2-1-8-18-11-13)7-9-19(14)17(22)10-12-3-4-12/h1-2,8,11-12,14-15H,3-7,9-10H2/t14-,15-/m1/s1. The van der Waals surface area contributed by atoms with E-state index in [1.54, 1.807) is 12.4 Å². The maximum atomic E-state index is 12.5. The zero-order chi connectivity index (χ0) is 15.1. The van der Waals surface area contributed by atoms with Crippen LogP contribution in [-0.4, -0.2) is 40.3 Å². The monoisotopic (exact) mass is 299 g/mol. The van der Waals surface area contributed by atoms with Crippen molar-refractivity contribution in [3.05, 3.63) is 24.5 Å². The summed E-state index contributed by atoms with van der Waals surface area (Å²) in [6, 6.07) is 4.09. The molecular formula is C17H21N3O2. The highest BCUT2D eigenvalue weighted by molar-refractivity contribution is 5.95. The minimum atomic E-state index is 0.119. The van der Waals surface area contributed by atoms with Crippen LogP contribution < -0.4 is 4.90 Å². The van der Waals surface area contributed by atoms with Crippen LogP contribution in [0.3, 0.4) is 0 Å². The van der Waals surface area contributed by atoms with Gasteiger partial charge in [-0.25, -0.2) is 0 Å². The predicted molar refractivity (Wildman–Crippen MR) is 82.2 cm³/mol. The molecule has 1 aliphatic carbocycles. The molecule has 3 aliphatic rings. The summed E-state index contributed by atoms with van der Waals surface area (Å²) in [5.74, 6) is 1.06. The zero-order valence-electron chi connectivity index (χ0n) is 12.6. The third kappa shape index (κ3) is 2.38. The van der Waals surface area contributed by atoms with E-state index >= 15 is 0 Å². The van der Waals surface area contributed by atoms with Gasteiger partial charge in [0, 0.05) is 25.6 Å². The number of hydrogen-bond donors (Lipinski definition) is 0. The van der Waals surface area contributed by atoms with Crippen molar-refractivity contribution in [3.8, 4) is 0 Å². The topological polar surface area (TPSA) is 53.5 Å². The molecule has 116 valence electrons. The molecule has 5 heteroatoms. The molecule has 22 heavy (non-hydrogen) atoms. The molecule has 0 bridgehead atoms. The highest BCUT2D eigenvalue weighted by atomic mass is 16.2.